The Morgan fingerprint density at radius 2 is 1.45 bits per heavy atom. The van der Waals surface area contributed by atoms with Crippen LogP contribution >= 0.6 is 0 Å². The van der Waals surface area contributed by atoms with E-state index in [1.807, 2.05) is 16.7 Å². The van der Waals surface area contributed by atoms with E-state index in [-0.39, 0.29) is 11.8 Å². The van der Waals surface area contributed by atoms with Gasteiger partial charge in [0.15, 0.2) is 0 Å². The highest BCUT2D eigenvalue weighted by Crippen LogP contribution is 2.24. The first-order valence-corrected chi connectivity index (χ1v) is 9.33. The molecule has 2 amide bonds. The normalized spacial score (nSPS) is 14.1. The summed E-state index contributed by atoms with van der Waals surface area (Å²) in [6, 6.07) is 8.73. The minimum absolute atomic E-state index is 0.0456. The molecule has 0 unspecified atom stereocenters. The maximum atomic E-state index is 12.9. The van der Waals surface area contributed by atoms with E-state index < -0.39 is 0 Å². The SMILES string of the molecule is COc1cc(OC)cc(C(=O)N2CCN(C(=O)c3ccc4nccn4c3)CC2)c1. The molecule has 1 saturated heterocycles. The molecule has 0 N–H and O–H groups in total. The molecule has 1 aliphatic heterocycles. The number of aromatic nitrogens is 2. The average molecular weight is 394 g/mol. The second-order valence-electron chi connectivity index (χ2n) is 6.80. The molecule has 2 aromatic heterocycles. The number of rotatable bonds is 4. The maximum Gasteiger partial charge on any atom is 0.255 e. The Bertz CT molecular complexity index is 1030. The Labute approximate surface area is 168 Å². The number of nitrogens with zero attached hydrogens (tertiary/aromatic N) is 4. The summed E-state index contributed by atoms with van der Waals surface area (Å²) in [6.07, 6.45) is 5.29. The van der Waals surface area contributed by atoms with Gasteiger partial charge in [-0.1, -0.05) is 0 Å². The van der Waals surface area contributed by atoms with Crippen LogP contribution in [0.3, 0.4) is 0 Å². The fraction of sp³-hybridized carbons (Fsp3) is 0.286. The van der Waals surface area contributed by atoms with Crippen molar-refractivity contribution in [3.8, 4) is 11.5 Å². The topological polar surface area (TPSA) is 76.4 Å². The molecule has 0 spiro atoms. The largest absolute Gasteiger partial charge is 0.497 e. The zero-order valence-electron chi connectivity index (χ0n) is 16.4. The van der Waals surface area contributed by atoms with Crippen LogP contribution in [0.15, 0.2) is 48.9 Å². The Morgan fingerprint density at radius 1 is 0.862 bits per heavy atom. The summed E-state index contributed by atoms with van der Waals surface area (Å²) in [6.45, 7) is 1.90. The Kier molecular flexibility index (Phi) is 5.07. The lowest BCUT2D eigenvalue weighted by Crippen LogP contribution is -2.50. The van der Waals surface area contributed by atoms with Gasteiger partial charge >= 0.3 is 0 Å². The fourth-order valence-electron chi connectivity index (χ4n) is 3.46. The molecule has 8 heteroatoms. The third-order valence-electron chi connectivity index (χ3n) is 5.09. The molecule has 150 valence electrons. The van der Waals surface area contributed by atoms with E-state index in [1.165, 1.54) is 0 Å². The lowest BCUT2D eigenvalue weighted by atomic mass is 10.1. The number of piperazine rings is 1. The van der Waals surface area contributed by atoms with E-state index in [1.54, 1.807) is 60.7 Å². The summed E-state index contributed by atoms with van der Waals surface area (Å²) in [5.74, 6) is 0.984. The van der Waals surface area contributed by atoms with Crippen LogP contribution in [-0.2, 0) is 0 Å². The van der Waals surface area contributed by atoms with Crippen molar-refractivity contribution >= 4 is 17.5 Å². The number of amides is 2. The van der Waals surface area contributed by atoms with Crippen molar-refractivity contribution in [2.75, 3.05) is 40.4 Å². The monoisotopic (exact) mass is 394 g/mol. The highest BCUT2D eigenvalue weighted by molar-refractivity contribution is 5.96. The van der Waals surface area contributed by atoms with Crippen molar-refractivity contribution in [1.82, 2.24) is 19.2 Å². The van der Waals surface area contributed by atoms with Crippen molar-refractivity contribution in [1.29, 1.82) is 0 Å². The lowest BCUT2D eigenvalue weighted by molar-refractivity contribution is 0.0535. The number of methoxy groups -OCH3 is 2. The van der Waals surface area contributed by atoms with Crippen molar-refractivity contribution in [3.05, 3.63) is 60.0 Å². The molecule has 0 aliphatic carbocycles. The number of benzene rings is 1. The van der Waals surface area contributed by atoms with Gasteiger partial charge in [0.2, 0.25) is 0 Å². The highest BCUT2D eigenvalue weighted by Gasteiger charge is 2.26. The van der Waals surface area contributed by atoms with Gasteiger partial charge in [0.1, 0.15) is 17.1 Å². The van der Waals surface area contributed by atoms with Crippen LogP contribution in [0, 0.1) is 0 Å². The number of ether oxygens (including phenoxy) is 2. The van der Waals surface area contributed by atoms with Crippen molar-refractivity contribution in [2.45, 2.75) is 0 Å². The van der Waals surface area contributed by atoms with Gasteiger partial charge in [-0.15, -0.1) is 0 Å². The zero-order valence-corrected chi connectivity index (χ0v) is 16.4. The number of fused-ring (bicyclic) bond motifs is 1. The fourth-order valence-corrected chi connectivity index (χ4v) is 3.46. The van der Waals surface area contributed by atoms with Crippen LogP contribution in [0.5, 0.6) is 11.5 Å². The number of carbonyl (C=O) groups excluding carboxylic acids is 2. The predicted molar refractivity (Wildman–Crippen MR) is 107 cm³/mol. The van der Waals surface area contributed by atoms with E-state index in [0.717, 1.165) is 5.65 Å². The molecule has 3 aromatic rings. The molecule has 0 atom stereocenters. The summed E-state index contributed by atoms with van der Waals surface area (Å²) < 4.78 is 12.3. The van der Waals surface area contributed by atoms with Crippen LogP contribution in [0.25, 0.3) is 5.65 Å². The van der Waals surface area contributed by atoms with E-state index in [2.05, 4.69) is 4.98 Å². The number of carbonyl (C=O) groups is 2. The van der Waals surface area contributed by atoms with Gasteiger partial charge in [-0.05, 0) is 24.3 Å². The standard InChI is InChI=1S/C21H22N4O4/c1-28-17-11-16(12-18(13-17)29-2)21(27)24-9-7-23(8-10-24)20(26)15-3-4-19-22-5-6-25(19)14-15/h3-6,11-14H,7-10H2,1-2H3. The van der Waals surface area contributed by atoms with Crippen molar-refractivity contribution in [3.63, 3.8) is 0 Å². The summed E-state index contributed by atoms with van der Waals surface area (Å²) in [5.41, 5.74) is 1.91. The van der Waals surface area contributed by atoms with Gasteiger partial charge in [-0.3, -0.25) is 9.59 Å². The molecule has 0 saturated carbocycles. The van der Waals surface area contributed by atoms with Gasteiger partial charge in [-0.25, -0.2) is 4.98 Å². The second-order valence-corrected chi connectivity index (χ2v) is 6.80. The first-order valence-electron chi connectivity index (χ1n) is 9.33. The van der Waals surface area contributed by atoms with Crippen molar-refractivity contribution < 1.29 is 19.1 Å². The molecule has 0 bridgehead atoms. The minimum atomic E-state index is -0.103. The summed E-state index contributed by atoms with van der Waals surface area (Å²) in [4.78, 5) is 33.4. The van der Waals surface area contributed by atoms with E-state index >= 15 is 0 Å². The molecular formula is C21H22N4O4. The molecule has 1 aromatic carbocycles. The molecule has 4 rings (SSSR count). The third kappa shape index (κ3) is 3.73. The lowest BCUT2D eigenvalue weighted by Gasteiger charge is -2.35. The molecule has 1 fully saturated rings. The van der Waals surface area contributed by atoms with Crippen molar-refractivity contribution in [2.24, 2.45) is 0 Å². The molecule has 1 aliphatic rings. The van der Waals surface area contributed by atoms with Crippen LogP contribution in [0.4, 0.5) is 0 Å². The first-order chi connectivity index (χ1) is 14.1. The van der Waals surface area contributed by atoms with Crippen LogP contribution in [0.2, 0.25) is 0 Å². The van der Waals surface area contributed by atoms with Crippen LogP contribution in [-0.4, -0.2) is 71.4 Å². The smallest absolute Gasteiger partial charge is 0.255 e. The minimum Gasteiger partial charge on any atom is -0.497 e. The molecule has 3 heterocycles. The summed E-state index contributed by atoms with van der Waals surface area (Å²) >= 11 is 0. The molecular weight excluding hydrogens is 372 g/mol. The highest BCUT2D eigenvalue weighted by atomic mass is 16.5. The van der Waals surface area contributed by atoms with E-state index in [4.69, 9.17) is 9.47 Å². The van der Waals surface area contributed by atoms with Gasteiger partial charge in [0.25, 0.3) is 11.8 Å². The number of imidazole rings is 1. The van der Waals surface area contributed by atoms with E-state index in [9.17, 15) is 9.59 Å². The van der Waals surface area contributed by atoms with Crippen LogP contribution < -0.4 is 9.47 Å². The van der Waals surface area contributed by atoms with Gasteiger partial charge in [-0.2, -0.15) is 0 Å². The van der Waals surface area contributed by atoms with Crippen LogP contribution in [0.1, 0.15) is 20.7 Å². The quantitative estimate of drug-likeness (QED) is 0.676. The van der Waals surface area contributed by atoms with Gasteiger partial charge in [0.05, 0.1) is 19.8 Å². The Balaban J connectivity index is 1.43. The third-order valence-corrected chi connectivity index (χ3v) is 5.09. The van der Waals surface area contributed by atoms with Gasteiger partial charge in [0, 0.05) is 56.4 Å². The number of pyridine rings is 1. The Morgan fingerprint density at radius 3 is 2.03 bits per heavy atom. The number of hydrogen-bond acceptors (Lipinski definition) is 5. The predicted octanol–water partition coefficient (Wildman–Crippen LogP) is 1.95. The molecule has 29 heavy (non-hydrogen) atoms. The second kappa shape index (κ2) is 7.83. The summed E-state index contributed by atoms with van der Waals surface area (Å²) in [7, 11) is 3.10. The van der Waals surface area contributed by atoms with E-state index in [0.29, 0.717) is 48.8 Å². The summed E-state index contributed by atoms with van der Waals surface area (Å²) in [5, 5.41) is 0. The zero-order chi connectivity index (χ0) is 20.4. The maximum absolute atomic E-state index is 12.9. The van der Waals surface area contributed by atoms with Gasteiger partial charge < -0.3 is 23.7 Å². The average Bonchev–Trinajstić information content (AvgIpc) is 3.25. The first kappa shape index (κ1) is 18.8. The molecule has 8 nitrogen and oxygen atoms in total. The molecule has 0 radical (unpaired) electrons. The Hall–Kier alpha value is -3.55. The number of hydrogen-bond donors (Lipinski definition) is 0.